The smallest absolute Gasteiger partial charge is 0.262 e. The summed E-state index contributed by atoms with van der Waals surface area (Å²) in [5, 5.41) is 2.91. The normalized spacial score (nSPS) is 13.9. The number of hydrogen-bond donors (Lipinski definition) is 1. The molecule has 0 spiro atoms. The molecule has 1 heterocycles. The average molecular weight is 485 g/mol. The number of anilines is 1. The second-order valence-electron chi connectivity index (χ2n) is 8.09. The molecule has 33 heavy (non-hydrogen) atoms. The molecule has 0 aliphatic carbocycles. The second-order valence-corrected chi connectivity index (χ2v) is 10.4. The highest BCUT2D eigenvalue weighted by atomic mass is 35.5. The van der Waals surface area contributed by atoms with E-state index in [0.29, 0.717) is 25.2 Å². The van der Waals surface area contributed by atoms with Crippen molar-refractivity contribution in [1.29, 1.82) is 0 Å². The molecule has 6 nitrogen and oxygen atoms in total. The van der Waals surface area contributed by atoms with Gasteiger partial charge < -0.3 is 10.1 Å². The van der Waals surface area contributed by atoms with Gasteiger partial charge in [-0.15, -0.1) is 0 Å². The molecule has 172 valence electrons. The standard InChI is InChI=1S/C25H25ClN2O4S/c1-17-7-8-21(13-18(17)2)27-25(29)16-32-24-10-9-22(14-23(24)26)33(30,31)28-12-11-19-5-3-4-6-20(19)15-28/h3-10,13-14H,11-12,15-16H2,1-2H3,(H,27,29). The molecule has 1 amide bonds. The molecule has 3 aromatic rings. The van der Waals surface area contributed by atoms with E-state index in [1.165, 1.54) is 28.1 Å². The molecule has 0 saturated carbocycles. The van der Waals surface area contributed by atoms with Gasteiger partial charge in [0.25, 0.3) is 5.91 Å². The topological polar surface area (TPSA) is 75.7 Å². The van der Waals surface area contributed by atoms with Gasteiger partial charge in [0.05, 0.1) is 9.92 Å². The van der Waals surface area contributed by atoms with Crippen LogP contribution in [0.15, 0.2) is 65.6 Å². The Morgan fingerprint density at radius 2 is 1.79 bits per heavy atom. The Kier molecular flexibility index (Phi) is 6.74. The fourth-order valence-electron chi connectivity index (χ4n) is 3.74. The fraction of sp³-hybridized carbons (Fsp3) is 0.240. The van der Waals surface area contributed by atoms with Crippen molar-refractivity contribution < 1.29 is 17.9 Å². The third-order valence-electron chi connectivity index (χ3n) is 5.79. The highest BCUT2D eigenvalue weighted by Gasteiger charge is 2.28. The van der Waals surface area contributed by atoms with E-state index in [2.05, 4.69) is 5.32 Å². The Hall–Kier alpha value is -2.87. The van der Waals surface area contributed by atoms with E-state index in [1.54, 1.807) is 0 Å². The summed E-state index contributed by atoms with van der Waals surface area (Å²) in [6.07, 6.45) is 0.667. The number of nitrogens with zero attached hydrogens (tertiary/aromatic N) is 1. The maximum Gasteiger partial charge on any atom is 0.262 e. The van der Waals surface area contributed by atoms with Crippen LogP contribution in [0.3, 0.4) is 0 Å². The van der Waals surface area contributed by atoms with Crippen molar-refractivity contribution in [2.75, 3.05) is 18.5 Å². The minimum atomic E-state index is -3.71. The lowest BCUT2D eigenvalue weighted by molar-refractivity contribution is -0.118. The van der Waals surface area contributed by atoms with Crippen LogP contribution < -0.4 is 10.1 Å². The number of aryl methyl sites for hydroxylation is 2. The van der Waals surface area contributed by atoms with Crippen molar-refractivity contribution >= 4 is 33.2 Å². The second kappa shape index (κ2) is 9.55. The number of amides is 1. The highest BCUT2D eigenvalue weighted by Crippen LogP contribution is 2.31. The Morgan fingerprint density at radius 1 is 1.03 bits per heavy atom. The van der Waals surface area contributed by atoms with E-state index >= 15 is 0 Å². The molecule has 0 saturated heterocycles. The summed E-state index contributed by atoms with van der Waals surface area (Å²) in [4.78, 5) is 12.3. The highest BCUT2D eigenvalue weighted by molar-refractivity contribution is 7.89. The van der Waals surface area contributed by atoms with Crippen molar-refractivity contribution in [3.8, 4) is 5.75 Å². The summed E-state index contributed by atoms with van der Waals surface area (Å²) in [6, 6.07) is 17.8. The third kappa shape index (κ3) is 5.21. The number of rotatable bonds is 6. The molecule has 1 N–H and O–H groups in total. The van der Waals surface area contributed by atoms with E-state index in [9.17, 15) is 13.2 Å². The Labute approximate surface area is 199 Å². The van der Waals surface area contributed by atoms with Gasteiger partial charge in [-0.3, -0.25) is 4.79 Å². The molecule has 0 fully saturated rings. The predicted octanol–water partition coefficient (Wildman–Crippen LogP) is 4.72. The van der Waals surface area contributed by atoms with Crippen LogP contribution in [0.25, 0.3) is 0 Å². The molecule has 0 aromatic heterocycles. The van der Waals surface area contributed by atoms with E-state index in [4.69, 9.17) is 16.3 Å². The monoisotopic (exact) mass is 484 g/mol. The van der Waals surface area contributed by atoms with E-state index < -0.39 is 10.0 Å². The molecule has 4 rings (SSSR count). The van der Waals surface area contributed by atoms with Crippen molar-refractivity contribution in [3.63, 3.8) is 0 Å². The zero-order valence-electron chi connectivity index (χ0n) is 18.5. The lowest BCUT2D eigenvalue weighted by Gasteiger charge is -2.28. The molecule has 8 heteroatoms. The molecule has 0 unspecified atom stereocenters. The maximum absolute atomic E-state index is 13.1. The molecule has 0 atom stereocenters. The Morgan fingerprint density at radius 3 is 2.52 bits per heavy atom. The number of hydrogen-bond acceptors (Lipinski definition) is 4. The van der Waals surface area contributed by atoms with Gasteiger partial charge in [-0.05, 0) is 72.9 Å². The lowest BCUT2D eigenvalue weighted by Crippen LogP contribution is -2.35. The van der Waals surface area contributed by atoms with Crippen LogP contribution in [0.4, 0.5) is 5.69 Å². The van der Waals surface area contributed by atoms with Crippen molar-refractivity contribution in [3.05, 3.63) is 87.9 Å². The average Bonchev–Trinajstić information content (AvgIpc) is 2.80. The van der Waals surface area contributed by atoms with Gasteiger partial charge in [0.1, 0.15) is 5.75 Å². The molecular formula is C25H25ClN2O4S. The number of benzene rings is 3. The minimum absolute atomic E-state index is 0.0961. The zero-order valence-corrected chi connectivity index (χ0v) is 20.0. The van der Waals surface area contributed by atoms with Crippen LogP contribution in [-0.2, 0) is 27.8 Å². The molecule has 0 radical (unpaired) electrons. The van der Waals surface area contributed by atoms with Crippen LogP contribution in [-0.4, -0.2) is 31.8 Å². The first-order chi connectivity index (χ1) is 15.7. The molecular weight excluding hydrogens is 460 g/mol. The lowest BCUT2D eigenvalue weighted by atomic mass is 10.0. The minimum Gasteiger partial charge on any atom is -0.482 e. The number of carbonyl (C=O) groups is 1. The van der Waals surface area contributed by atoms with Gasteiger partial charge in [0.15, 0.2) is 6.61 Å². The van der Waals surface area contributed by atoms with Crippen LogP contribution >= 0.6 is 11.6 Å². The molecule has 1 aliphatic heterocycles. The number of halogens is 1. The van der Waals surface area contributed by atoms with Gasteiger partial charge in [-0.25, -0.2) is 8.42 Å². The zero-order chi connectivity index (χ0) is 23.6. The summed E-state index contributed by atoms with van der Waals surface area (Å²) < 4.78 is 33.3. The van der Waals surface area contributed by atoms with Gasteiger partial charge in [0.2, 0.25) is 10.0 Å². The van der Waals surface area contributed by atoms with Crippen LogP contribution in [0.2, 0.25) is 5.02 Å². The molecule has 1 aliphatic rings. The number of nitrogens with one attached hydrogen (secondary N) is 1. The van der Waals surface area contributed by atoms with Gasteiger partial charge >= 0.3 is 0 Å². The number of carbonyl (C=O) groups excluding carboxylic acids is 1. The summed E-state index contributed by atoms with van der Waals surface area (Å²) in [5.41, 5.74) is 5.07. The van der Waals surface area contributed by atoms with E-state index in [1.807, 2.05) is 56.3 Å². The first-order valence-electron chi connectivity index (χ1n) is 10.6. The summed E-state index contributed by atoms with van der Waals surface area (Å²) >= 11 is 6.30. The fourth-order valence-corrected chi connectivity index (χ4v) is 5.49. The van der Waals surface area contributed by atoms with E-state index in [0.717, 1.165) is 16.7 Å². The van der Waals surface area contributed by atoms with Crippen LogP contribution in [0.1, 0.15) is 22.3 Å². The number of sulfonamides is 1. The number of fused-ring (bicyclic) bond motifs is 1. The Balaban J connectivity index is 1.41. The largest absolute Gasteiger partial charge is 0.482 e. The van der Waals surface area contributed by atoms with E-state index in [-0.39, 0.29) is 28.2 Å². The van der Waals surface area contributed by atoms with Gasteiger partial charge in [-0.1, -0.05) is 41.9 Å². The SMILES string of the molecule is Cc1ccc(NC(=O)COc2ccc(S(=O)(=O)N3CCc4ccccc4C3)cc2Cl)cc1C. The predicted molar refractivity (Wildman–Crippen MR) is 129 cm³/mol. The first-order valence-corrected chi connectivity index (χ1v) is 12.4. The van der Waals surface area contributed by atoms with Crippen LogP contribution in [0.5, 0.6) is 5.75 Å². The van der Waals surface area contributed by atoms with Crippen LogP contribution in [0, 0.1) is 13.8 Å². The van der Waals surface area contributed by atoms with Crippen molar-refractivity contribution in [2.45, 2.75) is 31.7 Å². The molecule has 0 bridgehead atoms. The maximum atomic E-state index is 13.1. The molecule has 3 aromatic carbocycles. The summed E-state index contributed by atoms with van der Waals surface area (Å²) in [5.74, 6) is -0.0900. The number of ether oxygens (including phenoxy) is 1. The third-order valence-corrected chi connectivity index (χ3v) is 7.92. The van der Waals surface area contributed by atoms with Crippen molar-refractivity contribution in [1.82, 2.24) is 4.31 Å². The first kappa shape index (κ1) is 23.3. The quantitative estimate of drug-likeness (QED) is 0.549. The Bertz CT molecular complexity index is 1310. The summed E-state index contributed by atoms with van der Waals surface area (Å²) in [7, 11) is -3.71. The van der Waals surface area contributed by atoms with Gasteiger partial charge in [0, 0.05) is 18.8 Å². The summed E-state index contributed by atoms with van der Waals surface area (Å²) in [6.45, 7) is 4.46. The van der Waals surface area contributed by atoms with Gasteiger partial charge in [-0.2, -0.15) is 4.31 Å². The van der Waals surface area contributed by atoms with Crippen molar-refractivity contribution in [2.24, 2.45) is 0 Å².